The third-order valence-electron chi connectivity index (χ3n) is 5.31. The summed E-state index contributed by atoms with van der Waals surface area (Å²) in [5.41, 5.74) is 7.29. The van der Waals surface area contributed by atoms with Crippen molar-refractivity contribution in [3.05, 3.63) is 35.6 Å². The molecular weight excluding hydrogens is 267 g/mol. The predicted octanol–water partition coefficient (Wildman–Crippen LogP) is 2.31. The Kier molecular flexibility index (Phi) is 4.29. The quantitative estimate of drug-likeness (QED) is 0.895. The number of aliphatic hydroxyl groups is 1. The number of likely N-dealkylation sites (tertiary alicyclic amines) is 1. The molecule has 3 N–H and O–H groups in total. The molecule has 1 aliphatic heterocycles. The van der Waals surface area contributed by atoms with Crippen LogP contribution < -0.4 is 5.73 Å². The molecule has 0 aromatic heterocycles. The number of aliphatic hydroxyl groups excluding tert-OH is 1. The van der Waals surface area contributed by atoms with Gasteiger partial charge in [0, 0.05) is 31.1 Å². The molecule has 5 unspecified atom stereocenters. The largest absolute Gasteiger partial charge is 0.393 e. The molecular formula is C17H25FN2O. The second kappa shape index (κ2) is 6.03. The van der Waals surface area contributed by atoms with Crippen LogP contribution in [-0.2, 0) is 0 Å². The second-order valence-corrected chi connectivity index (χ2v) is 6.59. The number of halogens is 1. The van der Waals surface area contributed by atoms with E-state index in [0.29, 0.717) is 11.8 Å². The lowest BCUT2D eigenvalue weighted by Crippen LogP contribution is -2.40. The first kappa shape index (κ1) is 14.9. The van der Waals surface area contributed by atoms with Crippen LogP contribution in [0.2, 0.25) is 0 Å². The summed E-state index contributed by atoms with van der Waals surface area (Å²) >= 11 is 0. The fourth-order valence-electron chi connectivity index (χ4n) is 4.14. The van der Waals surface area contributed by atoms with E-state index in [1.807, 2.05) is 6.07 Å². The van der Waals surface area contributed by atoms with Gasteiger partial charge in [-0.2, -0.15) is 0 Å². The summed E-state index contributed by atoms with van der Waals surface area (Å²) < 4.78 is 13.6. The normalized spacial score (nSPS) is 32.1. The Hall–Kier alpha value is -0.970. The average Bonchev–Trinajstić information content (AvgIpc) is 3.02. The SMILES string of the molecule is CCC(N)C(c1cccc(F)c1)N1CC2CCC(O)C2C1. The maximum absolute atomic E-state index is 13.6. The summed E-state index contributed by atoms with van der Waals surface area (Å²) in [5.74, 6) is 0.727. The zero-order valence-electron chi connectivity index (χ0n) is 12.6. The molecule has 1 saturated carbocycles. The summed E-state index contributed by atoms with van der Waals surface area (Å²) in [5, 5.41) is 10.1. The van der Waals surface area contributed by atoms with Crippen molar-refractivity contribution in [3.63, 3.8) is 0 Å². The van der Waals surface area contributed by atoms with Crippen molar-refractivity contribution in [2.45, 2.75) is 44.4 Å². The maximum atomic E-state index is 13.6. The van der Waals surface area contributed by atoms with Gasteiger partial charge in [0.25, 0.3) is 0 Å². The highest BCUT2D eigenvalue weighted by atomic mass is 19.1. The lowest BCUT2D eigenvalue weighted by Gasteiger charge is -2.33. The third kappa shape index (κ3) is 2.85. The van der Waals surface area contributed by atoms with Gasteiger partial charge in [-0.25, -0.2) is 4.39 Å². The zero-order chi connectivity index (χ0) is 15.0. The summed E-state index contributed by atoms with van der Waals surface area (Å²) in [4.78, 5) is 2.36. The van der Waals surface area contributed by atoms with Crippen LogP contribution in [0.1, 0.15) is 37.8 Å². The van der Waals surface area contributed by atoms with E-state index >= 15 is 0 Å². The number of benzene rings is 1. The second-order valence-electron chi connectivity index (χ2n) is 6.59. The molecule has 1 aliphatic carbocycles. The van der Waals surface area contributed by atoms with E-state index in [9.17, 15) is 9.50 Å². The van der Waals surface area contributed by atoms with Crippen molar-refractivity contribution < 1.29 is 9.50 Å². The minimum atomic E-state index is -0.208. The van der Waals surface area contributed by atoms with E-state index in [0.717, 1.165) is 37.9 Å². The highest BCUT2D eigenvalue weighted by molar-refractivity contribution is 5.22. The number of nitrogens with zero attached hydrogens (tertiary/aromatic N) is 1. The summed E-state index contributed by atoms with van der Waals surface area (Å²) in [7, 11) is 0. The number of rotatable bonds is 4. The van der Waals surface area contributed by atoms with E-state index in [2.05, 4.69) is 11.8 Å². The van der Waals surface area contributed by atoms with Crippen LogP contribution in [0.25, 0.3) is 0 Å². The molecule has 1 saturated heterocycles. The van der Waals surface area contributed by atoms with Gasteiger partial charge in [0.15, 0.2) is 0 Å². The van der Waals surface area contributed by atoms with Crippen molar-refractivity contribution in [1.82, 2.24) is 4.90 Å². The molecule has 0 amide bonds. The fourth-order valence-corrected chi connectivity index (χ4v) is 4.14. The Morgan fingerprint density at radius 3 is 2.86 bits per heavy atom. The Labute approximate surface area is 125 Å². The van der Waals surface area contributed by atoms with Crippen molar-refractivity contribution in [3.8, 4) is 0 Å². The molecule has 1 aromatic rings. The van der Waals surface area contributed by atoms with Crippen molar-refractivity contribution in [1.29, 1.82) is 0 Å². The van der Waals surface area contributed by atoms with Gasteiger partial charge in [0.1, 0.15) is 5.82 Å². The summed E-state index contributed by atoms with van der Waals surface area (Å²) in [6.45, 7) is 3.92. The lowest BCUT2D eigenvalue weighted by molar-refractivity contribution is 0.114. The van der Waals surface area contributed by atoms with Crippen LogP contribution in [0, 0.1) is 17.7 Å². The van der Waals surface area contributed by atoms with Crippen molar-refractivity contribution >= 4 is 0 Å². The molecule has 3 nitrogen and oxygen atoms in total. The summed E-state index contributed by atoms with van der Waals surface area (Å²) in [6, 6.07) is 6.83. The van der Waals surface area contributed by atoms with E-state index in [1.54, 1.807) is 12.1 Å². The minimum absolute atomic E-state index is 0.0113. The number of hydrogen-bond donors (Lipinski definition) is 2. The van der Waals surface area contributed by atoms with Gasteiger partial charge < -0.3 is 10.8 Å². The number of fused-ring (bicyclic) bond motifs is 1. The first-order valence-corrected chi connectivity index (χ1v) is 8.03. The molecule has 21 heavy (non-hydrogen) atoms. The van der Waals surface area contributed by atoms with E-state index in [1.165, 1.54) is 6.07 Å². The number of nitrogens with two attached hydrogens (primary N) is 1. The summed E-state index contributed by atoms with van der Waals surface area (Å²) in [6.07, 6.45) is 2.70. The maximum Gasteiger partial charge on any atom is 0.123 e. The third-order valence-corrected chi connectivity index (χ3v) is 5.31. The molecule has 0 bridgehead atoms. The van der Waals surface area contributed by atoms with Crippen LogP contribution in [-0.4, -0.2) is 35.2 Å². The van der Waals surface area contributed by atoms with Crippen molar-refractivity contribution in [2.75, 3.05) is 13.1 Å². The molecule has 3 rings (SSSR count). The molecule has 2 aliphatic rings. The number of hydrogen-bond acceptors (Lipinski definition) is 3. The van der Waals surface area contributed by atoms with Gasteiger partial charge in [0.2, 0.25) is 0 Å². The smallest absolute Gasteiger partial charge is 0.123 e. The van der Waals surface area contributed by atoms with E-state index in [-0.39, 0.29) is 24.0 Å². The van der Waals surface area contributed by atoms with Gasteiger partial charge >= 0.3 is 0 Å². The zero-order valence-corrected chi connectivity index (χ0v) is 12.6. The van der Waals surface area contributed by atoms with Gasteiger partial charge in [-0.1, -0.05) is 19.1 Å². The average molecular weight is 292 g/mol. The molecule has 0 radical (unpaired) electrons. The van der Waals surface area contributed by atoms with Gasteiger partial charge in [0.05, 0.1) is 6.10 Å². The van der Waals surface area contributed by atoms with E-state index < -0.39 is 0 Å². The molecule has 1 aromatic carbocycles. The predicted molar refractivity (Wildman–Crippen MR) is 81.2 cm³/mol. The standard InChI is InChI=1S/C17H25FN2O/c1-2-15(19)17(11-4-3-5-13(18)8-11)20-9-12-6-7-16(21)14(12)10-20/h3-5,8,12,14-17,21H,2,6-7,9-10,19H2,1H3. The van der Waals surface area contributed by atoms with Crippen molar-refractivity contribution in [2.24, 2.45) is 17.6 Å². The Morgan fingerprint density at radius 2 is 2.19 bits per heavy atom. The van der Waals surface area contributed by atoms with Crippen LogP contribution in [0.3, 0.4) is 0 Å². The van der Waals surface area contributed by atoms with Gasteiger partial charge in [-0.05, 0) is 42.9 Å². The van der Waals surface area contributed by atoms with Crippen LogP contribution >= 0.6 is 0 Å². The first-order chi connectivity index (χ1) is 10.1. The Bertz CT molecular complexity index is 495. The molecule has 0 spiro atoms. The highest BCUT2D eigenvalue weighted by Crippen LogP contribution is 2.42. The minimum Gasteiger partial charge on any atom is -0.393 e. The monoisotopic (exact) mass is 292 g/mol. The lowest BCUT2D eigenvalue weighted by atomic mass is 9.96. The topological polar surface area (TPSA) is 49.5 Å². The highest BCUT2D eigenvalue weighted by Gasteiger charge is 2.44. The molecule has 1 heterocycles. The van der Waals surface area contributed by atoms with Crippen LogP contribution in [0.5, 0.6) is 0 Å². The molecule has 5 atom stereocenters. The Balaban J connectivity index is 1.84. The van der Waals surface area contributed by atoms with Crippen LogP contribution in [0.4, 0.5) is 4.39 Å². The first-order valence-electron chi connectivity index (χ1n) is 8.03. The van der Waals surface area contributed by atoms with Gasteiger partial charge in [-0.15, -0.1) is 0 Å². The Morgan fingerprint density at radius 1 is 1.38 bits per heavy atom. The van der Waals surface area contributed by atoms with E-state index in [4.69, 9.17) is 5.73 Å². The van der Waals surface area contributed by atoms with Crippen LogP contribution in [0.15, 0.2) is 24.3 Å². The molecule has 4 heteroatoms. The fraction of sp³-hybridized carbons (Fsp3) is 0.647. The van der Waals surface area contributed by atoms with Gasteiger partial charge in [-0.3, -0.25) is 4.90 Å². The molecule has 2 fully saturated rings. The molecule has 116 valence electrons.